The Morgan fingerprint density at radius 3 is 2.42 bits per heavy atom. The third kappa shape index (κ3) is 3.90. The lowest BCUT2D eigenvalue weighted by atomic mass is 9.98. The van der Waals surface area contributed by atoms with Crippen LogP contribution in [0.5, 0.6) is 5.75 Å². The van der Waals surface area contributed by atoms with Gasteiger partial charge in [-0.3, -0.25) is 14.7 Å². The lowest BCUT2D eigenvalue weighted by Crippen LogP contribution is -2.50. The molecule has 0 N–H and O–H groups in total. The van der Waals surface area contributed by atoms with Gasteiger partial charge in [-0.2, -0.15) is 0 Å². The first-order chi connectivity index (χ1) is 12.8. The van der Waals surface area contributed by atoms with Gasteiger partial charge in [-0.05, 0) is 43.9 Å². The number of amides is 1. The number of ether oxygens (including phenoxy) is 1. The van der Waals surface area contributed by atoms with Gasteiger partial charge in [-0.15, -0.1) is 0 Å². The Morgan fingerprint density at radius 2 is 1.77 bits per heavy atom. The lowest BCUT2D eigenvalue weighted by molar-refractivity contribution is 0.0425. The quantitative estimate of drug-likeness (QED) is 0.844. The van der Waals surface area contributed by atoms with Crippen LogP contribution in [-0.4, -0.2) is 59.0 Å². The van der Waals surface area contributed by atoms with Crippen molar-refractivity contribution in [2.75, 3.05) is 26.2 Å². The number of aromatic nitrogens is 1. The van der Waals surface area contributed by atoms with E-state index in [1.165, 1.54) is 6.26 Å². The van der Waals surface area contributed by atoms with Crippen LogP contribution >= 0.6 is 0 Å². The molecular formula is C20H25N3O3. The normalized spacial score (nSPS) is 20.2. The third-order valence-corrected chi connectivity index (χ3v) is 5.47. The molecule has 2 fully saturated rings. The van der Waals surface area contributed by atoms with Crippen LogP contribution in [0.4, 0.5) is 0 Å². The van der Waals surface area contributed by atoms with Gasteiger partial charge in [-0.1, -0.05) is 0 Å². The molecule has 4 heterocycles. The van der Waals surface area contributed by atoms with Gasteiger partial charge in [0.25, 0.3) is 5.91 Å². The standard InChI is InChI=1S/C20H25N3O3/c24-20(16-7-14-25-15-16)23-10-3-17(4-11-23)22-12-5-19(6-13-22)26-18-1-8-21-9-2-18/h1-2,7-9,14-15,17,19H,3-6,10-13H2. The minimum Gasteiger partial charge on any atom is -0.490 e. The van der Waals surface area contributed by atoms with Crippen LogP contribution in [-0.2, 0) is 0 Å². The Balaban J connectivity index is 1.23. The predicted octanol–water partition coefficient (Wildman–Crippen LogP) is 2.82. The molecule has 26 heavy (non-hydrogen) atoms. The van der Waals surface area contributed by atoms with Crippen LogP contribution in [0.25, 0.3) is 0 Å². The zero-order valence-electron chi connectivity index (χ0n) is 14.9. The number of carbonyl (C=O) groups is 1. The number of hydrogen-bond acceptors (Lipinski definition) is 5. The van der Waals surface area contributed by atoms with Crippen molar-refractivity contribution in [3.05, 3.63) is 48.7 Å². The molecule has 0 atom stereocenters. The van der Waals surface area contributed by atoms with E-state index in [0.717, 1.165) is 57.6 Å². The van der Waals surface area contributed by atoms with Crippen LogP contribution in [0.1, 0.15) is 36.0 Å². The molecule has 2 aromatic rings. The second kappa shape index (κ2) is 7.91. The molecule has 2 aliphatic heterocycles. The van der Waals surface area contributed by atoms with Gasteiger partial charge < -0.3 is 14.1 Å². The van der Waals surface area contributed by atoms with E-state index < -0.39 is 0 Å². The summed E-state index contributed by atoms with van der Waals surface area (Å²) in [4.78, 5) is 20.9. The molecule has 1 amide bonds. The van der Waals surface area contributed by atoms with Gasteiger partial charge in [0.05, 0.1) is 11.8 Å². The van der Waals surface area contributed by atoms with Crippen LogP contribution in [0.2, 0.25) is 0 Å². The molecule has 4 rings (SSSR count). The summed E-state index contributed by atoms with van der Waals surface area (Å²) in [6.07, 6.45) is 11.1. The van der Waals surface area contributed by atoms with Crippen molar-refractivity contribution < 1.29 is 13.9 Å². The van der Waals surface area contributed by atoms with Gasteiger partial charge in [0.1, 0.15) is 18.1 Å². The zero-order valence-corrected chi connectivity index (χ0v) is 14.9. The van der Waals surface area contributed by atoms with E-state index in [9.17, 15) is 4.79 Å². The summed E-state index contributed by atoms with van der Waals surface area (Å²) in [7, 11) is 0. The largest absolute Gasteiger partial charge is 0.490 e. The van der Waals surface area contributed by atoms with Gasteiger partial charge in [-0.25, -0.2) is 0 Å². The number of likely N-dealkylation sites (tertiary alicyclic amines) is 2. The fraction of sp³-hybridized carbons (Fsp3) is 0.500. The van der Waals surface area contributed by atoms with Crippen molar-refractivity contribution in [2.24, 2.45) is 0 Å². The molecule has 0 aromatic carbocycles. The molecule has 6 nitrogen and oxygen atoms in total. The molecule has 0 bridgehead atoms. The van der Waals surface area contributed by atoms with E-state index in [2.05, 4.69) is 9.88 Å². The Hall–Kier alpha value is -2.34. The van der Waals surface area contributed by atoms with E-state index in [1.807, 2.05) is 17.0 Å². The first-order valence-electron chi connectivity index (χ1n) is 9.42. The third-order valence-electron chi connectivity index (χ3n) is 5.47. The maximum Gasteiger partial charge on any atom is 0.257 e. The molecule has 0 unspecified atom stereocenters. The van der Waals surface area contributed by atoms with E-state index in [1.54, 1.807) is 24.7 Å². The molecule has 138 valence electrons. The second-order valence-electron chi connectivity index (χ2n) is 7.07. The van der Waals surface area contributed by atoms with Gasteiger partial charge in [0.2, 0.25) is 0 Å². The van der Waals surface area contributed by atoms with Crippen molar-refractivity contribution in [3.8, 4) is 5.75 Å². The first-order valence-corrected chi connectivity index (χ1v) is 9.42. The van der Waals surface area contributed by atoms with Crippen LogP contribution in [0, 0.1) is 0 Å². The highest BCUT2D eigenvalue weighted by molar-refractivity contribution is 5.93. The van der Waals surface area contributed by atoms with Crippen molar-refractivity contribution >= 4 is 5.91 Å². The fourth-order valence-electron chi connectivity index (χ4n) is 3.97. The maximum absolute atomic E-state index is 12.4. The molecule has 0 radical (unpaired) electrons. The zero-order chi connectivity index (χ0) is 17.8. The second-order valence-corrected chi connectivity index (χ2v) is 7.07. The highest BCUT2D eigenvalue weighted by atomic mass is 16.5. The van der Waals surface area contributed by atoms with Gasteiger partial charge in [0, 0.05) is 44.6 Å². The Kier molecular flexibility index (Phi) is 5.20. The number of furan rings is 1. The van der Waals surface area contributed by atoms with Crippen molar-refractivity contribution in [2.45, 2.75) is 37.8 Å². The number of piperidine rings is 2. The molecule has 2 saturated heterocycles. The van der Waals surface area contributed by atoms with E-state index >= 15 is 0 Å². The summed E-state index contributed by atoms with van der Waals surface area (Å²) < 4.78 is 11.1. The predicted molar refractivity (Wildman–Crippen MR) is 97.1 cm³/mol. The van der Waals surface area contributed by atoms with Crippen LogP contribution in [0.15, 0.2) is 47.5 Å². The van der Waals surface area contributed by atoms with Gasteiger partial charge >= 0.3 is 0 Å². The minimum atomic E-state index is 0.0849. The highest BCUT2D eigenvalue weighted by Gasteiger charge is 2.30. The summed E-state index contributed by atoms with van der Waals surface area (Å²) in [5.41, 5.74) is 0.650. The smallest absolute Gasteiger partial charge is 0.257 e. The number of nitrogens with zero attached hydrogens (tertiary/aromatic N) is 3. The van der Waals surface area contributed by atoms with Gasteiger partial charge in [0.15, 0.2) is 0 Å². The molecule has 0 spiro atoms. The summed E-state index contributed by atoms with van der Waals surface area (Å²) in [6.45, 7) is 3.77. The number of hydrogen-bond donors (Lipinski definition) is 0. The monoisotopic (exact) mass is 355 g/mol. The average Bonchev–Trinajstić information content (AvgIpc) is 3.24. The van der Waals surface area contributed by atoms with Crippen molar-refractivity contribution in [3.63, 3.8) is 0 Å². The van der Waals surface area contributed by atoms with Crippen LogP contribution < -0.4 is 4.74 Å². The Labute approximate surface area is 153 Å². The number of carbonyl (C=O) groups excluding carboxylic acids is 1. The molecular weight excluding hydrogens is 330 g/mol. The molecule has 2 aliphatic rings. The number of pyridine rings is 1. The molecule has 0 aliphatic carbocycles. The molecule has 6 heteroatoms. The topological polar surface area (TPSA) is 58.8 Å². The Morgan fingerprint density at radius 1 is 1.04 bits per heavy atom. The molecule has 0 saturated carbocycles. The summed E-state index contributed by atoms with van der Waals surface area (Å²) >= 11 is 0. The Bertz CT molecular complexity index is 688. The summed E-state index contributed by atoms with van der Waals surface area (Å²) in [6, 6.07) is 6.14. The first kappa shape index (κ1) is 17.1. The van der Waals surface area contributed by atoms with E-state index in [-0.39, 0.29) is 12.0 Å². The maximum atomic E-state index is 12.4. The number of rotatable bonds is 4. The summed E-state index contributed by atoms with van der Waals surface area (Å²) in [5.74, 6) is 0.992. The highest BCUT2D eigenvalue weighted by Crippen LogP contribution is 2.24. The van der Waals surface area contributed by atoms with Crippen molar-refractivity contribution in [1.29, 1.82) is 0 Å². The van der Waals surface area contributed by atoms with Crippen molar-refractivity contribution in [1.82, 2.24) is 14.8 Å². The lowest BCUT2D eigenvalue weighted by Gasteiger charge is -2.41. The average molecular weight is 355 g/mol. The minimum absolute atomic E-state index is 0.0849. The van der Waals surface area contributed by atoms with Crippen LogP contribution in [0.3, 0.4) is 0 Å². The fourth-order valence-corrected chi connectivity index (χ4v) is 3.97. The molecule has 2 aromatic heterocycles. The van der Waals surface area contributed by atoms with E-state index in [0.29, 0.717) is 11.6 Å². The SMILES string of the molecule is O=C(c1ccoc1)N1CCC(N2CCC(Oc3ccncc3)CC2)CC1. The summed E-state index contributed by atoms with van der Waals surface area (Å²) in [5, 5.41) is 0. The van der Waals surface area contributed by atoms with E-state index in [4.69, 9.17) is 9.15 Å².